The van der Waals surface area contributed by atoms with E-state index in [9.17, 15) is 8.42 Å². The summed E-state index contributed by atoms with van der Waals surface area (Å²) in [6, 6.07) is 2.90. The number of anilines is 2. The van der Waals surface area contributed by atoms with E-state index >= 15 is 0 Å². The van der Waals surface area contributed by atoms with Gasteiger partial charge in [0.25, 0.3) is 10.0 Å². The van der Waals surface area contributed by atoms with Crippen molar-refractivity contribution in [1.29, 1.82) is 0 Å². The van der Waals surface area contributed by atoms with Crippen molar-refractivity contribution in [2.24, 2.45) is 0 Å². The Morgan fingerprint density at radius 1 is 1.32 bits per heavy atom. The Balaban J connectivity index is 2.38. The molecule has 2 rings (SSSR count). The van der Waals surface area contributed by atoms with E-state index in [1.54, 1.807) is 20.9 Å². The summed E-state index contributed by atoms with van der Waals surface area (Å²) in [5.41, 5.74) is 1.75. The van der Waals surface area contributed by atoms with E-state index in [2.05, 4.69) is 25.2 Å². The van der Waals surface area contributed by atoms with Crippen molar-refractivity contribution >= 4 is 21.5 Å². The summed E-state index contributed by atoms with van der Waals surface area (Å²) in [5.74, 6) is 0.489. The van der Waals surface area contributed by atoms with Crippen molar-refractivity contribution in [2.75, 3.05) is 17.1 Å². The van der Waals surface area contributed by atoms with Crippen molar-refractivity contribution in [3.8, 4) is 0 Å². The molecule has 0 bridgehead atoms. The van der Waals surface area contributed by atoms with Gasteiger partial charge in [0, 0.05) is 19.3 Å². The third-order valence-electron chi connectivity index (χ3n) is 2.66. The maximum absolute atomic E-state index is 12.3. The lowest BCUT2D eigenvalue weighted by atomic mass is 10.3. The highest BCUT2D eigenvalue weighted by Crippen LogP contribution is 2.21. The Morgan fingerprint density at radius 3 is 2.63 bits per heavy atom. The minimum absolute atomic E-state index is 0.145. The second-order valence-corrected chi connectivity index (χ2v) is 5.72. The number of aryl methyl sites for hydroxylation is 2. The first-order chi connectivity index (χ1) is 8.94. The number of aromatic amines is 1. The number of hydrogen-bond acceptors (Lipinski definition) is 5. The van der Waals surface area contributed by atoms with Crippen LogP contribution in [0.3, 0.4) is 0 Å². The molecule has 0 saturated heterocycles. The van der Waals surface area contributed by atoms with E-state index in [4.69, 9.17) is 0 Å². The van der Waals surface area contributed by atoms with Crippen LogP contribution in [0.25, 0.3) is 0 Å². The molecule has 0 aliphatic rings. The van der Waals surface area contributed by atoms with Crippen molar-refractivity contribution in [2.45, 2.75) is 18.7 Å². The minimum atomic E-state index is -3.65. The van der Waals surface area contributed by atoms with Crippen molar-refractivity contribution in [1.82, 2.24) is 15.2 Å². The average molecular weight is 281 g/mol. The molecule has 0 aliphatic carbocycles. The monoisotopic (exact) mass is 281 g/mol. The van der Waals surface area contributed by atoms with Crippen LogP contribution in [0.4, 0.5) is 11.5 Å². The topological polar surface area (TPSA) is 99.8 Å². The van der Waals surface area contributed by atoms with Crippen LogP contribution in [0.2, 0.25) is 0 Å². The molecule has 8 heteroatoms. The molecule has 0 unspecified atom stereocenters. The summed E-state index contributed by atoms with van der Waals surface area (Å²) in [6.45, 7) is 3.48. The molecule has 2 heterocycles. The first-order valence-electron chi connectivity index (χ1n) is 5.62. The van der Waals surface area contributed by atoms with E-state index in [1.807, 2.05) is 0 Å². The van der Waals surface area contributed by atoms with Gasteiger partial charge in [-0.3, -0.25) is 9.82 Å². The fourth-order valence-electron chi connectivity index (χ4n) is 1.61. The average Bonchev–Trinajstić information content (AvgIpc) is 2.70. The molecule has 2 aromatic heterocycles. The smallest absolute Gasteiger partial charge is 0.262 e. The molecule has 7 nitrogen and oxygen atoms in total. The number of sulfonamides is 1. The molecule has 102 valence electrons. The van der Waals surface area contributed by atoms with E-state index < -0.39 is 10.0 Å². The Bertz CT molecular complexity index is 673. The molecule has 0 amide bonds. The molecule has 0 aromatic carbocycles. The third-order valence-corrected chi connectivity index (χ3v) is 4.01. The van der Waals surface area contributed by atoms with E-state index in [0.717, 1.165) is 0 Å². The molecule has 19 heavy (non-hydrogen) atoms. The maximum Gasteiger partial charge on any atom is 0.262 e. The van der Waals surface area contributed by atoms with Crippen LogP contribution < -0.4 is 10.0 Å². The van der Waals surface area contributed by atoms with Crippen molar-refractivity contribution < 1.29 is 8.42 Å². The first-order valence-corrected chi connectivity index (χ1v) is 7.10. The standard InChI is InChI=1S/C11H15N5O2S/c1-7-11(8(2)15-14-7)16-19(17,18)9-4-5-13-10(6-9)12-3/h4-6,16H,1-3H3,(H,12,13)(H,14,15). The number of aromatic nitrogens is 3. The minimum Gasteiger partial charge on any atom is -0.373 e. The van der Waals surface area contributed by atoms with Crippen LogP contribution in [0, 0.1) is 13.8 Å². The largest absolute Gasteiger partial charge is 0.373 e. The summed E-state index contributed by atoms with van der Waals surface area (Å²) >= 11 is 0. The van der Waals surface area contributed by atoms with Crippen LogP contribution in [-0.2, 0) is 10.0 Å². The van der Waals surface area contributed by atoms with Gasteiger partial charge >= 0.3 is 0 Å². The number of pyridine rings is 1. The number of rotatable bonds is 4. The first kappa shape index (κ1) is 13.3. The van der Waals surface area contributed by atoms with Gasteiger partial charge in [0.05, 0.1) is 22.0 Å². The maximum atomic E-state index is 12.3. The van der Waals surface area contributed by atoms with Gasteiger partial charge in [-0.05, 0) is 19.9 Å². The van der Waals surface area contributed by atoms with Crippen LogP contribution >= 0.6 is 0 Å². The van der Waals surface area contributed by atoms with Crippen LogP contribution in [0.1, 0.15) is 11.4 Å². The fraction of sp³-hybridized carbons (Fsp3) is 0.273. The van der Waals surface area contributed by atoms with Gasteiger partial charge in [0.1, 0.15) is 5.82 Å². The lowest BCUT2D eigenvalue weighted by Gasteiger charge is -2.09. The number of nitrogens with one attached hydrogen (secondary N) is 3. The molecule has 0 spiro atoms. The van der Waals surface area contributed by atoms with Gasteiger partial charge in [-0.15, -0.1) is 0 Å². The normalized spacial score (nSPS) is 11.3. The van der Waals surface area contributed by atoms with Crippen molar-refractivity contribution in [3.05, 3.63) is 29.7 Å². The highest BCUT2D eigenvalue weighted by Gasteiger charge is 2.18. The predicted octanol–water partition coefficient (Wildman–Crippen LogP) is 1.26. The number of H-pyrrole nitrogens is 1. The molecule has 0 atom stereocenters. The summed E-state index contributed by atoms with van der Waals surface area (Å²) in [5, 5.41) is 9.48. The Morgan fingerprint density at radius 2 is 2.05 bits per heavy atom. The molecule has 2 aromatic rings. The third kappa shape index (κ3) is 2.68. The van der Waals surface area contributed by atoms with Crippen LogP contribution in [0.15, 0.2) is 23.2 Å². The van der Waals surface area contributed by atoms with Gasteiger partial charge in [-0.25, -0.2) is 13.4 Å². The van der Waals surface area contributed by atoms with E-state index in [1.165, 1.54) is 18.3 Å². The Hall–Kier alpha value is -2.09. The molecule has 0 radical (unpaired) electrons. The summed E-state index contributed by atoms with van der Waals surface area (Å²) in [7, 11) is -1.97. The predicted molar refractivity (Wildman–Crippen MR) is 72.7 cm³/mol. The lowest BCUT2D eigenvalue weighted by Crippen LogP contribution is -2.14. The SMILES string of the molecule is CNc1cc(S(=O)(=O)Nc2c(C)n[nH]c2C)ccn1. The second-order valence-electron chi connectivity index (χ2n) is 4.04. The number of nitrogens with zero attached hydrogens (tertiary/aromatic N) is 2. The summed E-state index contributed by atoms with van der Waals surface area (Å²) in [6.07, 6.45) is 1.44. The summed E-state index contributed by atoms with van der Waals surface area (Å²) < 4.78 is 27.1. The molecule has 0 saturated carbocycles. The lowest BCUT2D eigenvalue weighted by molar-refractivity contribution is 0.601. The molecular weight excluding hydrogens is 266 g/mol. The zero-order valence-electron chi connectivity index (χ0n) is 10.9. The van der Waals surface area contributed by atoms with E-state index in [0.29, 0.717) is 22.9 Å². The number of hydrogen-bond donors (Lipinski definition) is 3. The van der Waals surface area contributed by atoms with Gasteiger partial charge in [-0.1, -0.05) is 0 Å². The van der Waals surface area contributed by atoms with Gasteiger partial charge < -0.3 is 5.32 Å². The Kier molecular flexibility index (Phi) is 3.43. The highest BCUT2D eigenvalue weighted by molar-refractivity contribution is 7.92. The fourth-order valence-corrected chi connectivity index (χ4v) is 2.80. The van der Waals surface area contributed by atoms with Crippen LogP contribution in [0.5, 0.6) is 0 Å². The molecular formula is C11H15N5O2S. The molecule has 3 N–H and O–H groups in total. The van der Waals surface area contributed by atoms with Gasteiger partial charge in [0.2, 0.25) is 0 Å². The van der Waals surface area contributed by atoms with Gasteiger partial charge in [-0.2, -0.15) is 5.10 Å². The van der Waals surface area contributed by atoms with Gasteiger partial charge in [0.15, 0.2) is 0 Å². The molecule has 0 aliphatic heterocycles. The summed E-state index contributed by atoms with van der Waals surface area (Å²) in [4.78, 5) is 4.13. The quantitative estimate of drug-likeness (QED) is 0.783. The highest BCUT2D eigenvalue weighted by atomic mass is 32.2. The zero-order valence-corrected chi connectivity index (χ0v) is 11.7. The Labute approximate surface area is 111 Å². The zero-order chi connectivity index (χ0) is 14.0. The van der Waals surface area contributed by atoms with Crippen LogP contribution in [-0.4, -0.2) is 30.6 Å². The molecule has 0 fully saturated rings. The second kappa shape index (κ2) is 4.88. The van der Waals surface area contributed by atoms with Crippen molar-refractivity contribution in [3.63, 3.8) is 0 Å². The van der Waals surface area contributed by atoms with E-state index in [-0.39, 0.29) is 4.90 Å².